The van der Waals surface area contributed by atoms with Crippen LogP contribution in [0.4, 0.5) is 19.3 Å². The minimum absolute atomic E-state index is 0.118. The number of anilines is 1. The first kappa shape index (κ1) is 28.6. The van der Waals surface area contributed by atoms with Gasteiger partial charge >= 0.3 is 6.03 Å². The fraction of sp³-hybridized carbons (Fsp3) is 0.290. The second kappa shape index (κ2) is 13.6. The largest absolute Gasteiger partial charge is 0.497 e. The maximum atomic E-state index is 13.7. The Kier molecular flexibility index (Phi) is 9.72. The number of benzene rings is 3. The molecule has 0 atom stereocenters. The Morgan fingerprint density at radius 2 is 1.73 bits per heavy atom. The first-order valence-corrected chi connectivity index (χ1v) is 13.3. The molecule has 0 spiro atoms. The van der Waals surface area contributed by atoms with Gasteiger partial charge in [0.05, 0.1) is 7.11 Å². The summed E-state index contributed by atoms with van der Waals surface area (Å²) in [4.78, 5) is 33.2. The van der Waals surface area contributed by atoms with Crippen molar-refractivity contribution >= 4 is 28.5 Å². The van der Waals surface area contributed by atoms with E-state index in [1.165, 1.54) is 11.0 Å². The van der Waals surface area contributed by atoms with Gasteiger partial charge in [-0.3, -0.25) is 4.79 Å². The number of ether oxygens (including phenoxy) is 1. The molecule has 1 heterocycles. The topological polar surface area (TPSA) is 77.7 Å². The number of hydrogen-bond acceptors (Lipinski definition) is 3. The zero-order chi connectivity index (χ0) is 28.5. The summed E-state index contributed by atoms with van der Waals surface area (Å²) in [6, 6.07) is 18.1. The van der Waals surface area contributed by atoms with Gasteiger partial charge in [0.2, 0.25) is 5.91 Å². The van der Waals surface area contributed by atoms with E-state index in [4.69, 9.17) is 4.74 Å². The molecular weight excluding hydrogens is 514 g/mol. The van der Waals surface area contributed by atoms with Crippen LogP contribution in [0.25, 0.3) is 10.9 Å². The van der Waals surface area contributed by atoms with Crippen LogP contribution in [0.15, 0.2) is 72.9 Å². The molecule has 0 aliphatic rings. The predicted molar refractivity (Wildman–Crippen MR) is 152 cm³/mol. The van der Waals surface area contributed by atoms with Crippen molar-refractivity contribution in [1.82, 2.24) is 14.8 Å². The van der Waals surface area contributed by atoms with Crippen molar-refractivity contribution in [2.75, 3.05) is 32.1 Å². The number of rotatable bonds is 12. The Hall–Kier alpha value is -4.40. The molecule has 0 fully saturated rings. The average molecular weight is 549 g/mol. The number of aromatic nitrogens is 1. The van der Waals surface area contributed by atoms with Gasteiger partial charge in [-0.05, 0) is 54.3 Å². The van der Waals surface area contributed by atoms with Gasteiger partial charge in [0.15, 0.2) is 11.6 Å². The molecule has 2 N–H and O–H groups in total. The number of H-pyrrole nitrogens is 1. The van der Waals surface area contributed by atoms with Gasteiger partial charge in [0.1, 0.15) is 12.3 Å². The number of halogens is 2. The number of fused-ring (bicyclic) bond motifs is 1. The van der Waals surface area contributed by atoms with E-state index in [1.54, 1.807) is 12.0 Å². The van der Waals surface area contributed by atoms with Crippen LogP contribution in [0.5, 0.6) is 5.75 Å². The van der Waals surface area contributed by atoms with Gasteiger partial charge < -0.3 is 24.8 Å². The maximum Gasteiger partial charge on any atom is 0.322 e. The SMILES string of the molecule is CCCCN(CC(=O)N(CCc1c[nH]c2ccccc12)Cc1ccc(OC)cc1)C(=O)Nc1ccc(F)c(F)c1. The lowest BCUT2D eigenvalue weighted by atomic mass is 10.1. The lowest BCUT2D eigenvalue weighted by Gasteiger charge is -2.28. The van der Waals surface area contributed by atoms with Crippen LogP contribution in [-0.4, -0.2) is 53.5 Å². The number of amides is 3. The highest BCUT2D eigenvalue weighted by Crippen LogP contribution is 2.20. The molecule has 1 aromatic heterocycles. The molecule has 0 radical (unpaired) electrons. The van der Waals surface area contributed by atoms with Crippen molar-refractivity contribution in [2.45, 2.75) is 32.7 Å². The van der Waals surface area contributed by atoms with Crippen molar-refractivity contribution in [2.24, 2.45) is 0 Å². The van der Waals surface area contributed by atoms with Gasteiger partial charge in [0.25, 0.3) is 0 Å². The van der Waals surface area contributed by atoms with Gasteiger partial charge in [0, 0.05) is 48.5 Å². The average Bonchev–Trinajstić information content (AvgIpc) is 3.38. The van der Waals surface area contributed by atoms with Crippen LogP contribution < -0.4 is 10.1 Å². The number of carbonyl (C=O) groups excluding carboxylic acids is 2. The highest BCUT2D eigenvalue weighted by atomic mass is 19.2. The predicted octanol–water partition coefficient (Wildman–Crippen LogP) is 6.36. The maximum absolute atomic E-state index is 13.7. The fourth-order valence-electron chi connectivity index (χ4n) is 4.48. The first-order valence-electron chi connectivity index (χ1n) is 13.3. The number of nitrogens with one attached hydrogen (secondary N) is 2. The molecule has 0 bridgehead atoms. The van der Waals surface area contributed by atoms with E-state index in [0.717, 1.165) is 46.3 Å². The standard InChI is InChI=1S/C31H34F2N4O3/c1-3-4-16-37(31(39)35-24-11-14-27(32)28(33)18-24)21-30(38)36(20-22-9-12-25(40-2)13-10-22)17-15-23-19-34-29-8-6-5-7-26(23)29/h5-14,18-19,34H,3-4,15-17,20-21H2,1-2H3,(H,35,39). The van der Waals surface area contributed by atoms with Crippen LogP contribution >= 0.6 is 0 Å². The summed E-state index contributed by atoms with van der Waals surface area (Å²) in [5.41, 5.74) is 3.18. The van der Waals surface area contributed by atoms with Crippen LogP contribution in [0, 0.1) is 11.6 Å². The molecule has 0 unspecified atom stereocenters. The number of hydrogen-bond donors (Lipinski definition) is 2. The molecule has 3 amide bonds. The molecule has 4 rings (SSSR count). The zero-order valence-electron chi connectivity index (χ0n) is 22.8. The summed E-state index contributed by atoms with van der Waals surface area (Å²) >= 11 is 0. The van der Waals surface area contributed by atoms with E-state index in [0.29, 0.717) is 32.5 Å². The summed E-state index contributed by atoms with van der Waals surface area (Å²) in [6.45, 7) is 2.98. The Balaban J connectivity index is 1.51. The van der Waals surface area contributed by atoms with Crippen LogP contribution in [-0.2, 0) is 17.8 Å². The second-order valence-electron chi connectivity index (χ2n) is 9.61. The molecule has 0 saturated heterocycles. The number of para-hydroxylation sites is 1. The molecule has 0 aliphatic carbocycles. The normalized spacial score (nSPS) is 10.9. The number of nitrogens with zero attached hydrogens (tertiary/aromatic N) is 2. The van der Waals surface area contributed by atoms with Gasteiger partial charge in [-0.1, -0.05) is 43.7 Å². The summed E-state index contributed by atoms with van der Waals surface area (Å²) < 4.78 is 32.3. The van der Waals surface area contributed by atoms with Crippen molar-refractivity contribution in [1.29, 1.82) is 0 Å². The number of methoxy groups -OCH3 is 1. The zero-order valence-corrected chi connectivity index (χ0v) is 22.8. The summed E-state index contributed by atoms with van der Waals surface area (Å²) in [5.74, 6) is -1.55. The third-order valence-electron chi connectivity index (χ3n) is 6.78. The van der Waals surface area contributed by atoms with Crippen molar-refractivity contribution in [3.05, 3.63) is 95.7 Å². The van der Waals surface area contributed by atoms with E-state index in [9.17, 15) is 18.4 Å². The van der Waals surface area contributed by atoms with Crippen molar-refractivity contribution < 1.29 is 23.1 Å². The summed E-state index contributed by atoms with van der Waals surface area (Å²) in [5, 5.41) is 3.70. The fourth-order valence-corrected chi connectivity index (χ4v) is 4.48. The molecule has 4 aromatic rings. The Morgan fingerprint density at radius 1 is 0.950 bits per heavy atom. The first-order chi connectivity index (χ1) is 19.4. The molecule has 7 nitrogen and oxygen atoms in total. The summed E-state index contributed by atoms with van der Waals surface area (Å²) in [6.07, 6.45) is 4.09. The van der Waals surface area contributed by atoms with Gasteiger partial charge in [-0.15, -0.1) is 0 Å². The second-order valence-corrected chi connectivity index (χ2v) is 9.61. The number of urea groups is 1. The lowest BCUT2D eigenvalue weighted by molar-refractivity contribution is -0.132. The van der Waals surface area contributed by atoms with E-state index < -0.39 is 17.7 Å². The molecule has 0 saturated carbocycles. The number of carbonyl (C=O) groups is 2. The van der Waals surface area contributed by atoms with Crippen LogP contribution in [0.3, 0.4) is 0 Å². The minimum atomic E-state index is -1.06. The molecule has 210 valence electrons. The Labute approximate surface area is 232 Å². The number of aromatic amines is 1. The molecule has 3 aromatic carbocycles. The molecule has 9 heteroatoms. The van der Waals surface area contributed by atoms with E-state index in [2.05, 4.69) is 10.3 Å². The summed E-state index contributed by atoms with van der Waals surface area (Å²) in [7, 11) is 1.60. The Bertz CT molecular complexity index is 1440. The monoisotopic (exact) mass is 548 g/mol. The van der Waals surface area contributed by atoms with E-state index >= 15 is 0 Å². The van der Waals surface area contributed by atoms with Gasteiger partial charge in [-0.25, -0.2) is 13.6 Å². The third-order valence-corrected chi connectivity index (χ3v) is 6.78. The highest BCUT2D eigenvalue weighted by Gasteiger charge is 2.22. The molecule has 0 aliphatic heterocycles. The smallest absolute Gasteiger partial charge is 0.322 e. The molecular formula is C31H34F2N4O3. The van der Waals surface area contributed by atoms with E-state index in [1.807, 2.05) is 61.7 Å². The lowest BCUT2D eigenvalue weighted by Crippen LogP contribution is -2.45. The van der Waals surface area contributed by atoms with E-state index in [-0.39, 0.29) is 18.1 Å². The Morgan fingerprint density at radius 3 is 2.45 bits per heavy atom. The highest BCUT2D eigenvalue weighted by molar-refractivity contribution is 5.92. The van der Waals surface area contributed by atoms with Crippen molar-refractivity contribution in [3.8, 4) is 5.75 Å². The minimum Gasteiger partial charge on any atom is -0.497 e. The van der Waals surface area contributed by atoms with Crippen LogP contribution in [0.2, 0.25) is 0 Å². The van der Waals surface area contributed by atoms with Crippen LogP contribution in [0.1, 0.15) is 30.9 Å². The quantitative estimate of drug-likeness (QED) is 0.216. The van der Waals surface area contributed by atoms with Gasteiger partial charge in [-0.2, -0.15) is 0 Å². The molecule has 40 heavy (non-hydrogen) atoms. The third kappa shape index (κ3) is 7.37. The van der Waals surface area contributed by atoms with Crippen molar-refractivity contribution in [3.63, 3.8) is 0 Å². The number of unbranched alkanes of at least 4 members (excludes halogenated alkanes) is 1.